The molecule has 0 saturated carbocycles. The first-order valence-corrected chi connectivity index (χ1v) is 6.72. The number of benzene rings is 1. The van der Waals surface area contributed by atoms with Crippen molar-refractivity contribution in [3.63, 3.8) is 0 Å². The summed E-state index contributed by atoms with van der Waals surface area (Å²) in [7, 11) is 1.67. The number of anilines is 1. The number of carbonyl (C=O) groups is 1. The topological polar surface area (TPSA) is 49.8 Å². The molecule has 0 fully saturated rings. The largest absolute Gasteiger partial charge is 0.478 e. The van der Waals surface area contributed by atoms with Crippen molar-refractivity contribution in [3.05, 3.63) is 47.3 Å². The maximum atomic E-state index is 13.7. The average molecular weight is 291 g/mol. The van der Waals surface area contributed by atoms with Crippen LogP contribution in [0.15, 0.2) is 35.9 Å². The molecule has 1 N–H and O–H groups in total. The second-order valence-electron chi connectivity index (χ2n) is 4.91. The van der Waals surface area contributed by atoms with E-state index in [1.165, 1.54) is 23.8 Å². The minimum Gasteiger partial charge on any atom is -0.478 e. The van der Waals surface area contributed by atoms with E-state index in [4.69, 9.17) is 9.84 Å². The predicted molar refractivity (Wildman–Crippen MR) is 79.9 cm³/mol. The number of hydrogen-bond acceptors (Lipinski definition) is 3. The lowest BCUT2D eigenvalue weighted by atomic mass is 10.1. The molecular weight excluding hydrogens is 273 g/mol. The van der Waals surface area contributed by atoms with Gasteiger partial charge in [-0.3, -0.25) is 0 Å². The second-order valence-corrected chi connectivity index (χ2v) is 4.91. The summed E-state index contributed by atoms with van der Waals surface area (Å²) in [6.45, 7) is 2.12. The molecule has 112 valence electrons. The van der Waals surface area contributed by atoms with E-state index in [-0.39, 0.29) is 5.82 Å². The molecule has 0 unspecified atom stereocenters. The van der Waals surface area contributed by atoms with E-state index in [9.17, 15) is 9.18 Å². The number of rotatable bonds is 5. The van der Waals surface area contributed by atoms with E-state index in [2.05, 4.69) is 11.0 Å². The van der Waals surface area contributed by atoms with Crippen LogP contribution >= 0.6 is 0 Å². The predicted octanol–water partition coefficient (Wildman–Crippen LogP) is 2.71. The van der Waals surface area contributed by atoms with E-state index >= 15 is 0 Å². The van der Waals surface area contributed by atoms with Crippen molar-refractivity contribution in [2.24, 2.45) is 0 Å². The molecule has 0 aromatic heterocycles. The summed E-state index contributed by atoms with van der Waals surface area (Å²) >= 11 is 0. The molecule has 1 aromatic rings. The molecule has 1 heterocycles. The first-order chi connectivity index (χ1) is 10.1. The summed E-state index contributed by atoms with van der Waals surface area (Å²) < 4.78 is 18.8. The minimum atomic E-state index is -1.05. The van der Waals surface area contributed by atoms with Gasteiger partial charge in [0.2, 0.25) is 0 Å². The smallest absolute Gasteiger partial charge is 0.328 e. The molecule has 4 nitrogen and oxygen atoms in total. The van der Waals surface area contributed by atoms with Crippen molar-refractivity contribution in [2.45, 2.75) is 6.42 Å². The summed E-state index contributed by atoms with van der Waals surface area (Å²) in [5.74, 6) is -1.42. The molecule has 0 radical (unpaired) electrons. The Morgan fingerprint density at radius 2 is 2.29 bits per heavy atom. The zero-order chi connectivity index (χ0) is 15.2. The van der Waals surface area contributed by atoms with Crippen LogP contribution in [0.5, 0.6) is 0 Å². The minimum absolute atomic E-state index is 0.371. The zero-order valence-corrected chi connectivity index (χ0v) is 11.9. The summed E-state index contributed by atoms with van der Waals surface area (Å²) in [6.07, 6.45) is 5.37. The first kappa shape index (κ1) is 15.3. The summed E-state index contributed by atoms with van der Waals surface area (Å²) in [5.41, 5.74) is 2.54. The van der Waals surface area contributed by atoms with E-state index < -0.39 is 5.97 Å². The number of halogens is 1. The van der Waals surface area contributed by atoms with E-state index in [0.29, 0.717) is 18.7 Å². The third kappa shape index (κ3) is 4.43. The van der Waals surface area contributed by atoms with Crippen molar-refractivity contribution in [1.29, 1.82) is 0 Å². The highest BCUT2D eigenvalue weighted by Gasteiger charge is 2.13. The SMILES string of the molecule is COCC1=CCN(c2cc(F)cc(/C=C/C(=O)O)c2)CC1. The number of aliphatic carboxylic acids is 1. The Balaban J connectivity index is 2.15. The van der Waals surface area contributed by atoms with Gasteiger partial charge in [-0.1, -0.05) is 6.08 Å². The van der Waals surface area contributed by atoms with Crippen LogP contribution in [0.2, 0.25) is 0 Å². The third-order valence-corrected chi connectivity index (χ3v) is 3.32. The highest BCUT2D eigenvalue weighted by atomic mass is 19.1. The number of carboxylic acid groups (broad SMARTS) is 1. The van der Waals surface area contributed by atoms with Gasteiger partial charge in [-0.25, -0.2) is 9.18 Å². The Hall–Kier alpha value is -2.14. The van der Waals surface area contributed by atoms with Crippen LogP contribution in [0.4, 0.5) is 10.1 Å². The fourth-order valence-electron chi connectivity index (χ4n) is 2.30. The molecule has 0 atom stereocenters. The second kappa shape index (κ2) is 7.04. The highest BCUT2D eigenvalue weighted by Crippen LogP contribution is 2.23. The van der Waals surface area contributed by atoms with Crippen LogP contribution in [0.3, 0.4) is 0 Å². The van der Waals surface area contributed by atoms with Crippen molar-refractivity contribution in [1.82, 2.24) is 0 Å². The van der Waals surface area contributed by atoms with Gasteiger partial charge in [0, 0.05) is 32.0 Å². The van der Waals surface area contributed by atoms with Crippen molar-refractivity contribution >= 4 is 17.7 Å². The number of hydrogen-bond donors (Lipinski definition) is 1. The fourth-order valence-corrected chi connectivity index (χ4v) is 2.30. The number of nitrogens with zero attached hydrogens (tertiary/aromatic N) is 1. The quantitative estimate of drug-likeness (QED) is 0.669. The van der Waals surface area contributed by atoms with Gasteiger partial charge < -0.3 is 14.7 Å². The molecule has 2 rings (SSSR count). The lowest BCUT2D eigenvalue weighted by Crippen LogP contribution is -2.29. The lowest BCUT2D eigenvalue weighted by molar-refractivity contribution is -0.131. The average Bonchev–Trinajstić information content (AvgIpc) is 2.46. The lowest BCUT2D eigenvalue weighted by Gasteiger charge is -2.28. The summed E-state index contributed by atoms with van der Waals surface area (Å²) in [4.78, 5) is 12.6. The van der Waals surface area contributed by atoms with Gasteiger partial charge in [-0.05, 0) is 41.8 Å². The van der Waals surface area contributed by atoms with E-state index in [1.807, 2.05) is 0 Å². The van der Waals surface area contributed by atoms with E-state index in [0.717, 1.165) is 24.7 Å². The van der Waals surface area contributed by atoms with Gasteiger partial charge in [-0.2, -0.15) is 0 Å². The Bertz CT molecular complexity index is 581. The zero-order valence-electron chi connectivity index (χ0n) is 11.9. The normalized spacial score (nSPS) is 15.3. The molecule has 0 bridgehead atoms. The van der Waals surface area contributed by atoms with Crippen LogP contribution in [-0.2, 0) is 9.53 Å². The monoisotopic (exact) mass is 291 g/mol. The highest BCUT2D eigenvalue weighted by molar-refractivity contribution is 5.85. The molecular formula is C16H18FNO3. The van der Waals surface area contributed by atoms with Crippen LogP contribution < -0.4 is 4.90 Å². The molecule has 0 spiro atoms. The molecule has 5 heteroatoms. The van der Waals surface area contributed by atoms with Crippen molar-refractivity contribution in [2.75, 3.05) is 31.7 Å². The summed E-state index contributed by atoms with van der Waals surface area (Å²) in [5, 5.41) is 8.63. The fraction of sp³-hybridized carbons (Fsp3) is 0.312. The Labute approximate surface area is 123 Å². The van der Waals surface area contributed by atoms with Crippen LogP contribution in [-0.4, -0.2) is 37.9 Å². The Kier molecular flexibility index (Phi) is 5.11. The molecule has 0 saturated heterocycles. The maximum absolute atomic E-state index is 13.7. The number of methoxy groups -OCH3 is 1. The summed E-state index contributed by atoms with van der Waals surface area (Å²) in [6, 6.07) is 4.57. The van der Waals surface area contributed by atoms with Crippen molar-refractivity contribution < 1.29 is 19.0 Å². The Morgan fingerprint density at radius 1 is 1.48 bits per heavy atom. The van der Waals surface area contributed by atoms with Crippen molar-refractivity contribution in [3.8, 4) is 0 Å². The van der Waals surface area contributed by atoms with Crippen LogP contribution in [0.25, 0.3) is 6.08 Å². The third-order valence-electron chi connectivity index (χ3n) is 3.32. The van der Waals surface area contributed by atoms with Gasteiger partial charge >= 0.3 is 5.97 Å². The Morgan fingerprint density at radius 3 is 2.90 bits per heavy atom. The van der Waals surface area contributed by atoms with Gasteiger partial charge in [0.05, 0.1) is 6.61 Å². The molecule has 0 amide bonds. The van der Waals surface area contributed by atoms with Gasteiger partial charge in [-0.15, -0.1) is 0 Å². The van der Waals surface area contributed by atoms with E-state index in [1.54, 1.807) is 13.2 Å². The number of ether oxygens (including phenoxy) is 1. The van der Waals surface area contributed by atoms with Gasteiger partial charge in [0.15, 0.2) is 0 Å². The maximum Gasteiger partial charge on any atom is 0.328 e. The molecule has 0 aliphatic carbocycles. The molecule has 1 aliphatic heterocycles. The first-order valence-electron chi connectivity index (χ1n) is 6.72. The molecule has 21 heavy (non-hydrogen) atoms. The molecule has 1 aromatic carbocycles. The standard InChI is InChI=1S/C16H18FNO3/c1-21-11-12-4-6-18(7-5-12)15-9-13(2-3-16(19)20)8-14(17)10-15/h2-4,8-10H,5-7,11H2,1H3,(H,19,20)/b3-2+. The number of carboxylic acids is 1. The molecule has 1 aliphatic rings. The van der Waals surface area contributed by atoms with Crippen LogP contribution in [0.1, 0.15) is 12.0 Å². The van der Waals surface area contributed by atoms with Gasteiger partial charge in [0.1, 0.15) is 5.82 Å². The van der Waals surface area contributed by atoms with Gasteiger partial charge in [0.25, 0.3) is 0 Å². The van der Waals surface area contributed by atoms with Crippen LogP contribution in [0, 0.1) is 5.82 Å².